The maximum atomic E-state index is 12.5. The first-order valence-corrected chi connectivity index (χ1v) is 8.27. The van der Waals surface area contributed by atoms with Gasteiger partial charge in [-0.3, -0.25) is 9.69 Å². The number of Topliss-reactive ketones (excluding diaryl/α,β-unsaturated/α-hetero) is 1. The molecule has 0 N–H and O–H groups in total. The summed E-state index contributed by atoms with van der Waals surface area (Å²) in [7, 11) is 0. The van der Waals surface area contributed by atoms with E-state index in [4.69, 9.17) is 0 Å². The van der Waals surface area contributed by atoms with Crippen LogP contribution in [0.25, 0.3) is 0 Å². The van der Waals surface area contributed by atoms with Crippen LogP contribution in [0.4, 0.5) is 0 Å². The van der Waals surface area contributed by atoms with Crippen LogP contribution < -0.4 is 0 Å². The molecule has 0 saturated carbocycles. The number of piperidine rings is 1. The summed E-state index contributed by atoms with van der Waals surface area (Å²) in [4.78, 5) is 17.3. The number of ketones is 1. The predicted octanol–water partition coefficient (Wildman–Crippen LogP) is 4.20. The summed E-state index contributed by atoms with van der Waals surface area (Å²) in [6.45, 7) is 8.08. The van der Waals surface area contributed by atoms with Crippen LogP contribution in [-0.2, 0) is 0 Å². The first-order valence-electron chi connectivity index (χ1n) is 7.46. The Morgan fingerprint density at radius 2 is 2.21 bits per heavy atom. The van der Waals surface area contributed by atoms with E-state index < -0.39 is 0 Å². The summed E-state index contributed by atoms with van der Waals surface area (Å²) in [6, 6.07) is 2.68. The molecule has 0 aromatic carbocycles. The molecule has 1 fully saturated rings. The van der Waals surface area contributed by atoms with E-state index >= 15 is 0 Å². The Kier molecular flexibility index (Phi) is 5.17. The highest BCUT2D eigenvalue weighted by molar-refractivity contribution is 7.12. The van der Waals surface area contributed by atoms with E-state index in [0.29, 0.717) is 18.4 Å². The number of hydrogen-bond donors (Lipinski definition) is 0. The molecule has 1 aliphatic heterocycles. The molecule has 2 nitrogen and oxygen atoms in total. The number of rotatable bonds is 5. The highest BCUT2D eigenvalue weighted by Gasteiger charge is 2.24. The van der Waals surface area contributed by atoms with Gasteiger partial charge >= 0.3 is 0 Å². The van der Waals surface area contributed by atoms with Crippen molar-refractivity contribution in [1.29, 1.82) is 0 Å². The van der Waals surface area contributed by atoms with E-state index in [0.717, 1.165) is 12.1 Å². The first-order chi connectivity index (χ1) is 9.11. The number of carbonyl (C=O) groups excluding carboxylic acids is 1. The Balaban J connectivity index is 2.02. The topological polar surface area (TPSA) is 20.3 Å². The molecule has 1 aromatic rings. The number of likely N-dealkylation sites (tertiary alicyclic amines) is 1. The summed E-state index contributed by atoms with van der Waals surface area (Å²) in [6.07, 6.45) is 6.28. The molecular formula is C16H25NOS. The van der Waals surface area contributed by atoms with Gasteiger partial charge in [-0.2, -0.15) is 0 Å². The Morgan fingerprint density at radius 1 is 1.42 bits per heavy atom. The molecule has 1 unspecified atom stereocenters. The van der Waals surface area contributed by atoms with Crippen molar-refractivity contribution in [3.8, 4) is 0 Å². The molecule has 19 heavy (non-hydrogen) atoms. The lowest BCUT2D eigenvalue weighted by molar-refractivity contribution is 0.0831. The van der Waals surface area contributed by atoms with Gasteiger partial charge in [0.15, 0.2) is 5.78 Å². The SMILES string of the molecule is CCCC1CCCCN1CC(=O)c1cc(C)sc1C. The average molecular weight is 279 g/mol. The third-order valence-corrected chi connectivity index (χ3v) is 5.02. The van der Waals surface area contributed by atoms with Gasteiger partial charge < -0.3 is 0 Å². The van der Waals surface area contributed by atoms with Gasteiger partial charge in [0.25, 0.3) is 0 Å². The number of aryl methyl sites for hydroxylation is 2. The molecule has 1 aliphatic rings. The van der Waals surface area contributed by atoms with E-state index in [9.17, 15) is 4.79 Å². The maximum Gasteiger partial charge on any atom is 0.177 e. The van der Waals surface area contributed by atoms with Crippen molar-refractivity contribution in [2.75, 3.05) is 13.1 Å². The van der Waals surface area contributed by atoms with Gasteiger partial charge in [0.1, 0.15) is 0 Å². The standard InChI is InChI=1S/C16H25NOS/c1-4-7-14-8-5-6-9-17(14)11-16(18)15-10-12(2)19-13(15)3/h10,14H,4-9,11H2,1-3H3. The normalized spacial score (nSPS) is 20.7. The van der Waals surface area contributed by atoms with E-state index in [1.165, 1.54) is 41.9 Å². The fourth-order valence-electron chi connectivity index (χ4n) is 3.11. The molecule has 0 bridgehead atoms. The number of hydrogen-bond acceptors (Lipinski definition) is 3. The highest BCUT2D eigenvalue weighted by Crippen LogP contribution is 2.24. The van der Waals surface area contributed by atoms with Crippen molar-refractivity contribution in [1.82, 2.24) is 4.90 Å². The number of carbonyl (C=O) groups is 1. The minimum absolute atomic E-state index is 0.310. The Labute approximate surface area is 120 Å². The molecular weight excluding hydrogens is 254 g/mol. The molecule has 2 heterocycles. The quantitative estimate of drug-likeness (QED) is 0.753. The second-order valence-corrected chi connectivity index (χ2v) is 7.12. The van der Waals surface area contributed by atoms with E-state index in [1.807, 2.05) is 0 Å². The van der Waals surface area contributed by atoms with Gasteiger partial charge in [0.05, 0.1) is 6.54 Å². The molecule has 1 saturated heterocycles. The number of nitrogens with zero attached hydrogens (tertiary/aromatic N) is 1. The maximum absolute atomic E-state index is 12.5. The van der Waals surface area contributed by atoms with Crippen LogP contribution in [0.15, 0.2) is 6.07 Å². The summed E-state index contributed by atoms with van der Waals surface area (Å²) in [5, 5.41) is 0. The molecule has 0 amide bonds. The molecule has 106 valence electrons. The van der Waals surface area contributed by atoms with Crippen LogP contribution in [0.2, 0.25) is 0 Å². The Hall–Kier alpha value is -0.670. The number of thiophene rings is 1. The lowest BCUT2D eigenvalue weighted by Crippen LogP contribution is -2.42. The summed E-state index contributed by atoms with van der Waals surface area (Å²) >= 11 is 1.73. The second kappa shape index (κ2) is 6.67. The molecule has 0 spiro atoms. The summed E-state index contributed by atoms with van der Waals surface area (Å²) in [5.41, 5.74) is 0.948. The third kappa shape index (κ3) is 3.67. The lowest BCUT2D eigenvalue weighted by atomic mass is 9.97. The minimum Gasteiger partial charge on any atom is -0.293 e. The van der Waals surface area contributed by atoms with Gasteiger partial charge in [-0.05, 0) is 45.7 Å². The van der Waals surface area contributed by atoms with Crippen molar-refractivity contribution in [2.45, 2.75) is 58.9 Å². The van der Waals surface area contributed by atoms with Crippen LogP contribution in [-0.4, -0.2) is 29.8 Å². The summed E-state index contributed by atoms with van der Waals surface area (Å²) < 4.78 is 0. The fraction of sp³-hybridized carbons (Fsp3) is 0.688. The highest BCUT2D eigenvalue weighted by atomic mass is 32.1. The molecule has 0 radical (unpaired) electrons. The lowest BCUT2D eigenvalue weighted by Gasteiger charge is -2.35. The van der Waals surface area contributed by atoms with Crippen molar-refractivity contribution in [3.63, 3.8) is 0 Å². The van der Waals surface area contributed by atoms with E-state index in [-0.39, 0.29) is 0 Å². The van der Waals surface area contributed by atoms with Gasteiger partial charge in [-0.15, -0.1) is 11.3 Å². The van der Waals surface area contributed by atoms with Crippen molar-refractivity contribution in [2.24, 2.45) is 0 Å². The molecule has 1 aromatic heterocycles. The second-order valence-electron chi connectivity index (χ2n) is 5.66. The zero-order valence-corrected chi connectivity index (χ0v) is 13.2. The molecule has 0 aliphatic carbocycles. The van der Waals surface area contributed by atoms with Crippen LogP contribution >= 0.6 is 11.3 Å². The van der Waals surface area contributed by atoms with Gasteiger partial charge in [0.2, 0.25) is 0 Å². The van der Waals surface area contributed by atoms with Crippen molar-refractivity contribution < 1.29 is 4.79 Å². The fourth-order valence-corrected chi connectivity index (χ4v) is 4.05. The zero-order valence-electron chi connectivity index (χ0n) is 12.4. The van der Waals surface area contributed by atoms with Crippen molar-refractivity contribution >= 4 is 17.1 Å². The van der Waals surface area contributed by atoms with Gasteiger partial charge in [-0.1, -0.05) is 19.8 Å². The van der Waals surface area contributed by atoms with Gasteiger partial charge in [-0.25, -0.2) is 0 Å². The molecule has 1 atom stereocenters. The van der Waals surface area contributed by atoms with Crippen LogP contribution in [0.5, 0.6) is 0 Å². The van der Waals surface area contributed by atoms with Crippen molar-refractivity contribution in [3.05, 3.63) is 21.4 Å². The summed E-state index contributed by atoms with van der Waals surface area (Å²) in [5.74, 6) is 0.310. The monoisotopic (exact) mass is 279 g/mol. The van der Waals surface area contributed by atoms with Gasteiger partial charge in [0, 0.05) is 21.4 Å². The minimum atomic E-state index is 0.310. The van der Waals surface area contributed by atoms with Crippen LogP contribution in [0, 0.1) is 13.8 Å². The Bertz CT molecular complexity index is 436. The third-order valence-electron chi connectivity index (χ3n) is 4.06. The molecule has 3 heteroatoms. The first kappa shape index (κ1) is 14.7. The molecule has 2 rings (SSSR count). The van der Waals surface area contributed by atoms with Crippen LogP contribution in [0.1, 0.15) is 59.1 Å². The van der Waals surface area contributed by atoms with E-state index in [1.54, 1.807) is 11.3 Å². The van der Waals surface area contributed by atoms with E-state index in [2.05, 4.69) is 31.7 Å². The predicted molar refractivity (Wildman–Crippen MR) is 82.2 cm³/mol. The van der Waals surface area contributed by atoms with Crippen LogP contribution in [0.3, 0.4) is 0 Å². The largest absolute Gasteiger partial charge is 0.293 e. The Morgan fingerprint density at radius 3 is 2.84 bits per heavy atom. The zero-order chi connectivity index (χ0) is 13.8. The smallest absolute Gasteiger partial charge is 0.177 e. The average Bonchev–Trinajstić information content (AvgIpc) is 2.71.